The molecule has 2 aromatic rings. The van der Waals surface area contributed by atoms with Crippen molar-refractivity contribution in [1.29, 1.82) is 0 Å². The van der Waals surface area contributed by atoms with Crippen molar-refractivity contribution in [1.82, 2.24) is 4.57 Å². The minimum Gasteiger partial charge on any atom is -0.494 e. The molecule has 0 saturated carbocycles. The predicted molar refractivity (Wildman–Crippen MR) is 106 cm³/mol. The first-order valence-electron chi connectivity index (χ1n) is 8.54. The molecule has 3 rings (SSSR count). The number of anilines is 1. The second-order valence-electron chi connectivity index (χ2n) is 6.66. The van der Waals surface area contributed by atoms with E-state index < -0.39 is 23.3 Å². The van der Waals surface area contributed by atoms with Crippen LogP contribution < -0.4 is 16.3 Å². The number of nitrogens with two attached hydrogens (primary N) is 1. The molecule has 0 aliphatic carbocycles. The van der Waals surface area contributed by atoms with Crippen molar-refractivity contribution in [3.05, 3.63) is 62.4 Å². The molecule has 1 aromatic heterocycles. The molecule has 1 aliphatic rings. The van der Waals surface area contributed by atoms with Gasteiger partial charge in [-0.1, -0.05) is 17.7 Å². The predicted octanol–water partition coefficient (Wildman–Crippen LogP) is 1.61. The normalized spacial score (nSPS) is 15.3. The van der Waals surface area contributed by atoms with Gasteiger partial charge in [0.25, 0.3) is 17.4 Å². The minimum atomic E-state index is -0.866. The van der Waals surface area contributed by atoms with Gasteiger partial charge in [-0.2, -0.15) is 10.1 Å². The Morgan fingerprint density at radius 3 is 2.32 bits per heavy atom. The van der Waals surface area contributed by atoms with Crippen LogP contribution in [0.3, 0.4) is 0 Å². The highest BCUT2D eigenvalue weighted by molar-refractivity contribution is 6.32. The van der Waals surface area contributed by atoms with E-state index in [1.165, 1.54) is 25.1 Å². The summed E-state index contributed by atoms with van der Waals surface area (Å²) in [5.74, 6) is -1.77. The first-order chi connectivity index (χ1) is 13.1. The van der Waals surface area contributed by atoms with Gasteiger partial charge in [0.05, 0.1) is 17.0 Å². The van der Waals surface area contributed by atoms with Crippen LogP contribution in [0.1, 0.15) is 34.0 Å². The van der Waals surface area contributed by atoms with Crippen LogP contribution in [0.15, 0.2) is 39.7 Å². The average molecular weight is 380 g/mol. The molecule has 28 heavy (non-hydrogen) atoms. The Labute approximate surface area is 161 Å². The summed E-state index contributed by atoms with van der Waals surface area (Å²) in [5.41, 5.74) is 7.23. The lowest BCUT2D eigenvalue weighted by Crippen LogP contribution is -2.27. The number of aromatic nitrogens is 1. The second-order valence-corrected chi connectivity index (χ2v) is 6.66. The number of nitrogens with zero attached hydrogens (tertiary/aromatic N) is 3. The SMILES string of the molecule is CC1=NN(c2ccc(C)cc2)C(=O)/C1=C\c1c(C)c(C(N)=O)c(O)n(C)c1=O. The maximum atomic E-state index is 12.9. The van der Waals surface area contributed by atoms with Gasteiger partial charge in [-0.05, 0) is 44.5 Å². The van der Waals surface area contributed by atoms with Crippen molar-refractivity contribution >= 4 is 29.3 Å². The monoisotopic (exact) mass is 380 g/mol. The molecule has 3 N–H and O–H groups in total. The van der Waals surface area contributed by atoms with Crippen LogP contribution in [0, 0.1) is 13.8 Å². The van der Waals surface area contributed by atoms with Gasteiger partial charge in [0.2, 0.25) is 5.88 Å². The summed E-state index contributed by atoms with van der Waals surface area (Å²) in [6.07, 6.45) is 1.39. The Balaban J connectivity index is 2.14. The number of carbonyl (C=O) groups excluding carboxylic acids is 2. The van der Waals surface area contributed by atoms with Gasteiger partial charge in [-0.25, -0.2) is 0 Å². The number of pyridine rings is 1. The van der Waals surface area contributed by atoms with Crippen molar-refractivity contribution in [2.45, 2.75) is 20.8 Å². The Morgan fingerprint density at radius 2 is 1.75 bits per heavy atom. The van der Waals surface area contributed by atoms with E-state index >= 15 is 0 Å². The molecule has 0 saturated heterocycles. The molecule has 0 unspecified atom stereocenters. The highest BCUT2D eigenvalue weighted by atomic mass is 16.3. The van der Waals surface area contributed by atoms with Crippen LogP contribution in [0.2, 0.25) is 0 Å². The van der Waals surface area contributed by atoms with E-state index in [9.17, 15) is 19.5 Å². The summed E-state index contributed by atoms with van der Waals surface area (Å²) < 4.78 is 0.920. The molecule has 2 heterocycles. The number of aromatic hydroxyl groups is 1. The van der Waals surface area contributed by atoms with E-state index in [4.69, 9.17) is 5.73 Å². The zero-order valence-corrected chi connectivity index (χ0v) is 16.0. The van der Waals surface area contributed by atoms with Crippen molar-refractivity contribution in [3.63, 3.8) is 0 Å². The van der Waals surface area contributed by atoms with Crippen LogP contribution in [-0.4, -0.2) is 27.2 Å². The fourth-order valence-electron chi connectivity index (χ4n) is 3.06. The standard InChI is InChI=1S/C20H20N4O4/c1-10-5-7-13(8-6-10)24-19(27)15(12(3)22-24)9-14-11(2)16(17(21)25)20(28)23(4)18(14)26/h5-9,28H,1-4H3,(H2,21,25)/b15-9-. The lowest BCUT2D eigenvalue weighted by atomic mass is 10.0. The van der Waals surface area contributed by atoms with E-state index in [1.54, 1.807) is 19.1 Å². The Morgan fingerprint density at radius 1 is 1.14 bits per heavy atom. The molecule has 1 aliphatic heterocycles. The number of hydrogen-bond donors (Lipinski definition) is 2. The highest BCUT2D eigenvalue weighted by Gasteiger charge is 2.30. The minimum absolute atomic E-state index is 0.0951. The first-order valence-corrected chi connectivity index (χ1v) is 8.54. The van der Waals surface area contributed by atoms with Gasteiger partial charge in [0, 0.05) is 12.6 Å². The smallest absolute Gasteiger partial charge is 0.280 e. The number of hydrazone groups is 1. The number of carbonyl (C=O) groups is 2. The number of amides is 2. The molecular formula is C20H20N4O4. The highest BCUT2D eigenvalue weighted by Crippen LogP contribution is 2.27. The first kappa shape index (κ1) is 19.1. The molecule has 0 atom stereocenters. The Hall–Kier alpha value is -3.68. The summed E-state index contributed by atoms with van der Waals surface area (Å²) in [4.78, 5) is 37.2. The fraction of sp³-hybridized carbons (Fsp3) is 0.200. The summed E-state index contributed by atoms with van der Waals surface area (Å²) in [7, 11) is 1.32. The van der Waals surface area contributed by atoms with E-state index in [-0.39, 0.29) is 22.3 Å². The molecule has 0 spiro atoms. The molecule has 8 heteroatoms. The van der Waals surface area contributed by atoms with Crippen LogP contribution in [0.5, 0.6) is 5.88 Å². The van der Waals surface area contributed by atoms with Gasteiger partial charge in [0.15, 0.2) is 0 Å². The third-order valence-corrected chi connectivity index (χ3v) is 4.73. The maximum Gasteiger partial charge on any atom is 0.280 e. The van der Waals surface area contributed by atoms with Gasteiger partial charge < -0.3 is 10.8 Å². The molecular weight excluding hydrogens is 360 g/mol. The van der Waals surface area contributed by atoms with E-state index in [1.807, 2.05) is 19.1 Å². The van der Waals surface area contributed by atoms with Crippen molar-refractivity contribution in [2.75, 3.05) is 5.01 Å². The number of primary amides is 1. The van der Waals surface area contributed by atoms with Crippen molar-refractivity contribution in [2.24, 2.45) is 17.9 Å². The lowest BCUT2D eigenvalue weighted by Gasteiger charge is -2.13. The van der Waals surface area contributed by atoms with E-state index in [2.05, 4.69) is 5.10 Å². The Kier molecular flexibility index (Phi) is 4.64. The van der Waals surface area contributed by atoms with Gasteiger partial charge in [0.1, 0.15) is 5.56 Å². The summed E-state index contributed by atoms with van der Waals surface area (Å²) in [6.45, 7) is 5.10. The molecule has 0 fully saturated rings. The Bertz CT molecular complexity index is 1120. The van der Waals surface area contributed by atoms with Gasteiger partial charge in [-0.3, -0.25) is 19.0 Å². The third kappa shape index (κ3) is 2.98. The van der Waals surface area contributed by atoms with Gasteiger partial charge >= 0.3 is 0 Å². The van der Waals surface area contributed by atoms with Crippen LogP contribution in [-0.2, 0) is 11.8 Å². The second kappa shape index (κ2) is 6.80. The average Bonchev–Trinajstić information content (AvgIpc) is 2.91. The quantitative estimate of drug-likeness (QED) is 0.787. The topological polar surface area (TPSA) is 118 Å². The fourth-order valence-corrected chi connectivity index (χ4v) is 3.06. The summed E-state index contributed by atoms with van der Waals surface area (Å²) >= 11 is 0. The summed E-state index contributed by atoms with van der Waals surface area (Å²) in [5, 5.41) is 15.6. The molecule has 0 bridgehead atoms. The van der Waals surface area contributed by atoms with Crippen molar-refractivity contribution < 1.29 is 14.7 Å². The van der Waals surface area contributed by atoms with Crippen molar-refractivity contribution in [3.8, 4) is 5.88 Å². The van der Waals surface area contributed by atoms with Crippen LogP contribution >= 0.6 is 0 Å². The zero-order chi connectivity index (χ0) is 20.7. The number of hydrogen-bond acceptors (Lipinski definition) is 5. The van der Waals surface area contributed by atoms with Crippen LogP contribution in [0.4, 0.5) is 5.69 Å². The molecule has 8 nitrogen and oxygen atoms in total. The maximum absolute atomic E-state index is 12.9. The number of benzene rings is 1. The molecule has 1 aromatic carbocycles. The lowest BCUT2D eigenvalue weighted by molar-refractivity contribution is -0.114. The number of aryl methyl sites for hydroxylation is 1. The third-order valence-electron chi connectivity index (χ3n) is 4.73. The van der Waals surface area contributed by atoms with E-state index in [0.717, 1.165) is 10.1 Å². The zero-order valence-electron chi connectivity index (χ0n) is 16.0. The van der Waals surface area contributed by atoms with Crippen LogP contribution in [0.25, 0.3) is 6.08 Å². The van der Waals surface area contributed by atoms with E-state index in [0.29, 0.717) is 11.4 Å². The number of rotatable bonds is 3. The molecule has 0 radical (unpaired) electrons. The molecule has 2 amide bonds. The molecule has 144 valence electrons. The summed E-state index contributed by atoms with van der Waals surface area (Å²) in [6, 6.07) is 7.30. The largest absolute Gasteiger partial charge is 0.494 e. The van der Waals surface area contributed by atoms with Gasteiger partial charge in [-0.15, -0.1) is 0 Å².